The second kappa shape index (κ2) is 9.99. The van der Waals surface area contributed by atoms with E-state index in [9.17, 15) is 14.4 Å². The summed E-state index contributed by atoms with van der Waals surface area (Å²) >= 11 is 0. The largest absolute Gasteiger partial charge is 0.469 e. The average molecular weight is 453 g/mol. The number of esters is 2. The van der Waals surface area contributed by atoms with Crippen LogP contribution in [0, 0.1) is 0 Å². The Hall–Kier alpha value is -3.46. The molecular weight excluding hydrogens is 424 g/mol. The van der Waals surface area contributed by atoms with Crippen LogP contribution in [0.5, 0.6) is 0 Å². The molecule has 1 aliphatic rings. The zero-order chi connectivity index (χ0) is 23.4. The van der Waals surface area contributed by atoms with Crippen molar-refractivity contribution in [3.8, 4) is 0 Å². The fourth-order valence-corrected chi connectivity index (χ4v) is 4.33. The van der Waals surface area contributed by atoms with Crippen LogP contribution in [0.4, 0.5) is 5.69 Å². The minimum Gasteiger partial charge on any atom is -0.469 e. The molecule has 3 aromatic rings. The number of pyridine rings is 1. The molecule has 0 spiro atoms. The Morgan fingerprint density at radius 3 is 2.39 bits per heavy atom. The Kier molecular flexibility index (Phi) is 6.88. The summed E-state index contributed by atoms with van der Waals surface area (Å²) in [4.78, 5) is 42.6. The first-order chi connectivity index (χ1) is 16.0. The van der Waals surface area contributed by atoms with Gasteiger partial charge in [-0.3, -0.25) is 23.9 Å². The van der Waals surface area contributed by atoms with Crippen molar-refractivity contribution in [2.45, 2.75) is 19.4 Å². The highest BCUT2D eigenvalue weighted by Crippen LogP contribution is 2.29. The van der Waals surface area contributed by atoms with Gasteiger partial charge >= 0.3 is 11.9 Å². The first-order valence-corrected chi connectivity index (χ1v) is 11.1. The molecule has 4 rings (SSSR count). The van der Waals surface area contributed by atoms with Crippen LogP contribution in [0.2, 0.25) is 0 Å². The van der Waals surface area contributed by atoms with E-state index < -0.39 is 0 Å². The van der Waals surface area contributed by atoms with E-state index in [4.69, 9.17) is 9.47 Å². The highest BCUT2D eigenvalue weighted by molar-refractivity contribution is 6.13. The lowest BCUT2D eigenvalue weighted by atomic mass is 10.0. The number of methoxy groups -OCH3 is 2. The highest BCUT2D eigenvalue weighted by Gasteiger charge is 2.17. The zero-order valence-corrected chi connectivity index (χ0v) is 18.9. The maximum Gasteiger partial charge on any atom is 0.306 e. The van der Waals surface area contributed by atoms with Gasteiger partial charge in [-0.1, -0.05) is 12.1 Å². The lowest BCUT2D eigenvalue weighted by molar-refractivity contribution is -0.141. The van der Waals surface area contributed by atoms with Gasteiger partial charge in [0, 0.05) is 60.0 Å². The topological polar surface area (TPSA) is 102 Å². The Labute approximate surface area is 191 Å². The molecule has 0 aliphatic carbocycles. The molecule has 0 saturated carbocycles. The van der Waals surface area contributed by atoms with Crippen LogP contribution in [0.15, 0.2) is 40.1 Å². The minimum absolute atomic E-state index is 0.00158. The third-order valence-electron chi connectivity index (χ3n) is 6.06. The molecule has 2 heterocycles. The normalized spacial score (nSPS) is 12.7. The molecule has 0 bridgehead atoms. The average Bonchev–Trinajstić information content (AvgIpc) is 3.34. The Balaban J connectivity index is 1.53. The summed E-state index contributed by atoms with van der Waals surface area (Å²) in [6.07, 6.45) is 0.499. The summed E-state index contributed by atoms with van der Waals surface area (Å²) in [5.74, 6) is -0.578. The van der Waals surface area contributed by atoms with Gasteiger partial charge in [0.2, 0.25) is 0 Å². The van der Waals surface area contributed by atoms with E-state index in [-0.39, 0.29) is 30.3 Å². The van der Waals surface area contributed by atoms with Crippen molar-refractivity contribution >= 4 is 39.2 Å². The van der Waals surface area contributed by atoms with Crippen molar-refractivity contribution in [1.29, 1.82) is 0 Å². The smallest absolute Gasteiger partial charge is 0.306 e. The Morgan fingerprint density at radius 2 is 1.70 bits per heavy atom. The summed E-state index contributed by atoms with van der Waals surface area (Å²) in [5.41, 5.74) is 1.68. The van der Waals surface area contributed by atoms with Crippen molar-refractivity contribution < 1.29 is 19.1 Å². The number of benzene rings is 2. The van der Waals surface area contributed by atoms with Gasteiger partial charge in [0.05, 0.1) is 33.6 Å². The van der Waals surface area contributed by atoms with Gasteiger partial charge < -0.3 is 19.7 Å². The second-order valence-electron chi connectivity index (χ2n) is 7.97. The molecule has 0 saturated heterocycles. The summed E-state index contributed by atoms with van der Waals surface area (Å²) in [5, 5.41) is 7.05. The molecule has 0 atom stereocenters. The van der Waals surface area contributed by atoms with Gasteiger partial charge in [-0.15, -0.1) is 0 Å². The predicted molar refractivity (Wildman–Crippen MR) is 126 cm³/mol. The van der Waals surface area contributed by atoms with Crippen LogP contribution in [0.1, 0.15) is 12.8 Å². The van der Waals surface area contributed by atoms with E-state index >= 15 is 0 Å². The van der Waals surface area contributed by atoms with Crippen LogP contribution in [0.25, 0.3) is 21.5 Å². The maximum atomic E-state index is 12.9. The summed E-state index contributed by atoms with van der Waals surface area (Å²) < 4.78 is 11.2. The van der Waals surface area contributed by atoms with Gasteiger partial charge in [-0.2, -0.15) is 0 Å². The van der Waals surface area contributed by atoms with Gasteiger partial charge in [0.25, 0.3) is 5.56 Å². The van der Waals surface area contributed by atoms with Gasteiger partial charge in [0.1, 0.15) is 5.49 Å². The van der Waals surface area contributed by atoms with Crippen LogP contribution in [0.3, 0.4) is 0 Å². The number of hydrogen-bond acceptors (Lipinski definition) is 8. The number of carbonyl (C=O) groups is 2. The number of rotatable bonds is 10. The molecular formula is C24H28N4O5. The quantitative estimate of drug-likeness (QED) is 0.463. The second-order valence-corrected chi connectivity index (χ2v) is 7.97. The zero-order valence-electron chi connectivity index (χ0n) is 18.9. The van der Waals surface area contributed by atoms with Crippen LogP contribution >= 0.6 is 0 Å². The van der Waals surface area contributed by atoms with E-state index in [2.05, 4.69) is 10.3 Å². The molecule has 9 heteroatoms. The van der Waals surface area contributed by atoms with E-state index in [1.54, 1.807) is 4.57 Å². The number of hydrogen-bond donors (Lipinski definition) is 1. The first kappa shape index (κ1) is 22.7. The van der Waals surface area contributed by atoms with Crippen molar-refractivity contribution in [3.63, 3.8) is 0 Å². The summed E-state index contributed by atoms with van der Waals surface area (Å²) in [6.45, 7) is 3.44. The molecule has 1 N–H and O–H groups in total. The monoisotopic (exact) mass is 452 g/mol. The van der Waals surface area contributed by atoms with Crippen molar-refractivity contribution in [2.75, 3.05) is 52.3 Å². The van der Waals surface area contributed by atoms with Crippen LogP contribution in [-0.4, -0.2) is 68.3 Å². The number of carbonyl (C=O) groups excluding carboxylic acids is 2. The van der Waals surface area contributed by atoms with Crippen molar-refractivity contribution in [2.24, 2.45) is 4.99 Å². The van der Waals surface area contributed by atoms with E-state index in [0.29, 0.717) is 44.7 Å². The Bertz CT molecular complexity index is 1280. The highest BCUT2D eigenvalue weighted by atomic mass is 16.5. The number of nitrogens with one attached hydrogen (secondary N) is 1. The molecule has 1 aromatic heterocycles. The molecule has 0 unspecified atom stereocenters. The van der Waals surface area contributed by atoms with Crippen molar-refractivity contribution in [3.05, 3.63) is 46.2 Å². The van der Waals surface area contributed by atoms with Crippen LogP contribution in [-0.2, 0) is 25.6 Å². The number of fused-ring (bicyclic) bond motifs is 2. The molecule has 0 amide bonds. The molecule has 1 aliphatic heterocycles. The lowest BCUT2D eigenvalue weighted by Crippen LogP contribution is -2.33. The van der Waals surface area contributed by atoms with Gasteiger partial charge in [-0.05, 0) is 18.2 Å². The third-order valence-corrected chi connectivity index (χ3v) is 6.06. The number of nitrogens with zero attached hydrogens (tertiary/aromatic N) is 3. The first-order valence-electron chi connectivity index (χ1n) is 11.1. The van der Waals surface area contributed by atoms with Crippen LogP contribution < -0.4 is 16.4 Å². The number of ether oxygens (including phenoxy) is 2. The molecule has 33 heavy (non-hydrogen) atoms. The fourth-order valence-electron chi connectivity index (χ4n) is 4.33. The predicted octanol–water partition coefficient (Wildman–Crippen LogP) is 1.35. The fraction of sp³-hybridized carbons (Fsp3) is 0.417. The van der Waals surface area contributed by atoms with Gasteiger partial charge in [0.15, 0.2) is 0 Å². The SMILES string of the molecule is COC(=O)CCN(CCNc1ccc2c3n(c(=O)c4cccc1c42)CCN=3)CCC(=O)OC. The molecule has 2 aromatic carbocycles. The molecule has 0 fully saturated rings. The molecule has 9 nitrogen and oxygen atoms in total. The summed E-state index contributed by atoms with van der Waals surface area (Å²) in [6, 6.07) is 9.82. The third kappa shape index (κ3) is 4.68. The maximum absolute atomic E-state index is 12.9. The Morgan fingerprint density at radius 1 is 1.00 bits per heavy atom. The number of aromatic nitrogens is 1. The van der Waals surface area contributed by atoms with Gasteiger partial charge in [-0.25, -0.2) is 0 Å². The minimum atomic E-state index is -0.289. The van der Waals surface area contributed by atoms with E-state index in [0.717, 1.165) is 27.3 Å². The standard InChI is InChI=1S/C24H28N4O5/c1-32-20(29)8-12-27(13-9-21(30)33-2)14-10-25-19-7-6-17-22-16(19)4-3-5-18(22)24(31)28-15-11-26-23(17)28/h3-7,25H,8-15H2,1-2H3. The lowest BCUT2D eigenvalue weighted by Gasteiger charge is -2.22. The van der Waals surface area contributed by atoms with E-state index in [1.807, 2.05) is 35.2 Å². The number of anilines is 1. The molecule has 174 valence electrons. The summed E-state index contributed by atoms with van der Waals surface area (Å²) in [7, 11) is 2.73. The van der Waals surface area contributed by atoms with Crippen molar-refractivity contribution in [1.82, 2.24) is 9.47 Å². The van der Waals surface area contributed by atoms with E-state index in [1.165, 1.54) is 14.2 Å². The molecule has 0 radical (unpaired) electrons.